The number of nitrogens with zero attached hydrogens (tertiary/aromatic N) is 1. The Morgan fingerprint density at radius 3 is 1.92 bits per heavy atom. The van der Waals surface area contributed by atoms with Crippen LogP contribution in [0.1, 0.15) is 0 Å². The molecule has 0 aliphatic carbocycles. The number of halogens is 2. The molecule has 0 amide bonds. The lowest BCUT2D eigenvalue weighted by Gasteiger charge is -2.12. The summed E-state index contributed by atoms with van der Waals surface area (Å²) in [4.78, 5) is 4.33. The van der Waals surface area contributed by atoms with Gasteiger partial charge in [0, 0.05) is 23.7 Å². The molecule has 0 bridgehead atoms. The number of pyridine rings is 1. The molecule has 0 N–H and O–H groups in total. The molecule has 0 atom stereocenters. The molecular weight excluding hydrogens is 336 g/mol. The Morgan fingerprint density at radius 1 is 0.654 bits per heavy atom. The number of fused-ring (bicyclic) bond motifs is 1. The summed E-state index contributed by atoms with van der Waals surface area (Å²) in [5.74, 6) is 1.35. The zero-order chi connectivity index (χ0) is 17.9. The minimum atomic E-state index is -0.336. The maximum atomic E-state index is 13.1. The molecule has 0 aliphatic heterocycles. The molecule has 1 aromatic heterocycles. The molecule has 0 aliphatic rings. The first-order chi connectivity index (χ1) is 12.7. The number of ether oxygens (including phenoxy) is 2. The van der Waals surface area contributed by atoms with Crippen LogP contribution in [0.3, 0.4) is 0 Å². The van der Waals surface area contributed by atoms with Crippen molar-refractivity contribution in [2.24, 2.45) is 0 Å². The van der Waals surface area contributed by atoms with Gasteiger partial charge in [0.25, 0.3) is 0 Å². The first kappa shape index (κ1) is 16.0. The smallest absolute Gasteiger partial charge is 0.140 e. The van der Waals surface area contributed by atoms with Crippen LogP contribution in [0.15, 0.2) is 79.0 Å². The summed E-state index contributed by atoms with van der Waals surface area (Å²) in [6, 6.07) is 18.7. The second-order valence-electron chi connectivity index (χ2n) is 5.60. The Hall–Kier alpha value is -3.47. The molecule has 0 spiro atoms. The van der Waals surface area contributed by atoms with Gasteiger partial charge in [-0.3, -0.25) is 4.98 Å². The van der Waals surface area contributed by atoms with E-state index in [9.17, 15) is 8.78 Å². The quantitative estimate of drug-likeness (QED) is 0.446. The summed E-state index contributed by atoms with van der Waals surface area (Å²) >= 11 is 0. The normalized spacial score (nSPS) is 10.7. The third-order valence-corrected chi connectivity index (χ3v) is 3.75. The Kier molecular flexibility index (Phi) is 4.19. The molecule has 0 saturated heterocycles. The van der Waals surface area contributed by atoms with Crippen LogP contribution >= 0.6 is 0 Å². The fourth-order valence-electron chi connectivity index (χ4n) is 2.54. The van der Waals surface area contributed by atoms with Crippen LogP contribution in [0.5, 0.6) is 23.0 Å². The molecule has 4 rings (SSSR count). The predicted octanol–water partition coefficient (Wildman–Crippen LogP) is 6.10. The summed E-state index contributed by atoms with van der Waals surface area (Å²) in [5.41, 5.74) is 0.684. The van der Waals surface area contributed by atoms with E-state index >= 15 is 0 Å². The van der Waals surface area contributed by atoms with Crippen molar-refractivity contribution in [1.29, 1.82) is 0 Å². The fraction of sp³-hybridized carbons (Fsp3) is 0. The zero-order valence-corrected chi connectivity index (χ0v) is 13.5. The van der Waals surface area contributed by atoms with Crippen LogP contribution in [-0.4, -0.2) is 4.98 Å². The van der Waals surface area contributed by atoms with E-state index < -0.39 is 0 Å². The van der Waals surface area contributed by atoms with Crippen molar-refractivity contribution < 1.29 is 18.3 Å². The van der Waals surface area contributed by atoms with Gasteiger partial charge in [-0.25, -0.2) is 8.78 Å². The topological polar surface area (TPSA) is 31.4 Å². The van der Waals surface area contributed by atoms with Crippen LogP contribution in [0.4, 0.5) is 8.78 Å². The molecule has 0 fully saturated rings. The van der Waals surface area contributed by atoms with E-state index in [4.69, 9.17) is 9.47 Å². The molecule has 1 heterocycles. The molecule has 128 valence electrons. The second kappa shape index (κ2) is 6.80. The van der Waals surface area contributed by atoms with E-state index in [1.54, 1.807) is 48.7 Å². The largest absolute Gasteiger partial charge is 0.457 e. The van der Waals surface area contributed by atoms with E-state index in [1.165, 1.54) is 24.3 Å². The van der Waals surface area contributed by atoms with Gasteiger partial charge in [-0.2, -0.15) is 0 Å². The van der Waals surface area contributed by atoms with Gasteiger partial charge in [-0.1, -0.05) is 0 Å². The van der Waals surface area contributed by atoms with Crippen LogP contribution in [0.25, 0.3) is 10.9 Å². The minimum Gasteiger partial charge on any atom is -0.457 e. The maximum absolute atomic E-state index is 13.1. The molecule has 3 aromatic carbocycles. The van der Waals surface area contributed by atoms with Crippen molar-refractivity contribution in [2.45, 2.75) is 0 Å². The molecule has 0 radical (unpaired) electrons. The molecule has 4 aromatic rings. The average Bonchev–Trinajstić information content (AvgIpc) is 2.65. The third-order valence-electron chi connectivity index (χ3n) is 3.75. The Labute approximate surface area is 148 Å². The highest BCUT2D eigenvalue weighted by atomic mass is 19.1. The fourth-order valence-corrected chi connectivity index (χ4v) is 2.54. The lowest BCUT2D eigenvalue weighted by Crippen LogP contribution is -1.91. The number of benzene rings is 3. The van der Waals surface area contributed by atoms with Gasteiger partial charge in [-0.15, -0.1) is 0 Å². The number of hydrogen-bond acceptors (Lipinski definition) is 3. The SMILES string of the molecule is Fc1ccc(Oc2cc(Oc3ccc(F)cc3)c3cccnc3c2)cc1. The molecule has 0 unspecified atom stereocenters. The summed E-state index contributed by atoms with van der Waals surface area (Å²) in [6.45, 7) is 0. The highest BCUT2D eigenvalue weighted by molar-refractivity contribution is 5.87. The van der Waals surface area contributed by atoms with Crippen LogP contribution in [-0.2, 0) is 0 Å². The number of rotatable bonds is 4. The average molecular weight is 349 g/mol. The third kappa shape index (κ3) is 3.47. The first-order valence-corrected chi connectivity index (χ1v) is 7.93. The summed E-state index contributed by atoms with van der Waals surface area (Å²) < 4.78 is 37.8. The summed E-state index contributed by atoms with van der Waals surface area (Å²) in [7, 11) is 0. The van der Waals surface area contributed by atoms with Gasteiger partial charge in [0.1, 0.15) is 34.6 Å². The van der Waals surface area contributed by atoms with Gasteiger partial charge >= 0.3 is 0 Å². The van der Waals surface area contributed by atoms with Gasteiger partial charge in [0.15, 0.2) is 0 Å². The zero-order valence-electron chi connectivity index (χ0n) is 13.5. The van der Waals surface area contributed by atoms with Gasteiger partial charge in [0.2, 0.25) is 0 Å². The van der Waals surface area contributed by atoms with Crippen molar-refractivity contribution in [1.82, 2.24) is 4.98 Å². The van der Waals surface area contributed by atoms with Crippen LogP contribution in [0.2, 0.25) is 0 Å². The summed E-state index contributed by atoms with van der Waals surface area (Å²) in [5, 5.41) is 0.795. The Bertz CT molecular complexity index is 1050. The molecule has 26 heavy (non-hydrogen) atoms. The van der Waals surface area contributed by atoms with E-state index in [-0.39, 0.29) is 11.6 Å². The molecule has 3 nitrogen and oxygen atoms in total. The van der Waals surface area contributed by atoms with E-state index in [2.05, 4.69) is 4.98 Å². The monoisotopic (exact) mass is 349 g/mol. The Balaban J connectivity index is 1.72. The highest BCUT2D eigenvalue weighted by Gasteiger charge is 2.09. The molecule has 5 heteroatoms. The minimum absolute atomic E-state index is 0.335. The molecular formula is C21H13F2NO2. The van der Waals surface area contributed by atoms with Crippen molar-refractivity contribution in [3.8, 4) is 23.0 Å². The van der Waals surface area contributed by atoms with Gasteiger partial charge in [-0.05, 0) is 60.7 Å². The van der Waals surface area contributed by atoms with Gasteiger partial charge in [0.05, 0.1) is 5.52 Å². The van der Waals surface area contributed by atoms with E-state index in [0.29, 0.717) is 28.5 Å². The van der Waals surface area contributed by atoms with Crippen molar-refractivity contribution in [3.63, 3.8) is 0 Å². The van der Waals surface area contributed by atoms with Crippen molar-refractivity contribution >= 4 is 10.9 Å². The first-order valence-electron chi connectivity index (χ1n) is 7.93. The molecule has 0 saturated carbocycles. The van der Waals surface area contributed by atoms with Gasteiger partial charge < -0.3 is 9.47 Å². The van der Waals surface area contributed by atoms with Crippen molar-refractivity contribution in [3.05, 3.63) is 90.6 Å². The second-order valence-corrected chi connectivity index (χ2v) is 5.60. The lowest BCUT2D eigenvalue weighted by atomic mass is 10.2. The number of aromatic nitrogens is 1. The van der Waals surface area contributed by atoms with Crippen LogP contribution in [0, 0.1) is 11.6 Å². The maximum Gasteiger partial charge on any atom is 0.140 e. The summed E-state index contributed by atoms with van der Waals surface area (Å²) in [6.07, 6.45) is 1.67. The van der Waals surface area contributed by atoms with E-state index in [1.807, 2.05) is 6.07 Å². The standard InChI is InChI=1S/C21H13F2NO2/c22-14-3-7-16(8-4-14)25-18-12-20-19(2-1-11-24-20)21(13-18)26-17-9-5-15(23)6-10-17/h1-13H. The lowest BCUT2D eigenvalue weighted by molar-refractivity contribution is 0.462. The predicted molar refractivity (Wildman–Crippen MR) is 94.7 cm³/mol. The number of hydrogen-bond donors (Lipinski definition) is 0. The Morgan fingerprint density at radius 2 is 1.27 bits per heavy atom. The van der Waals surface area contributed by atoms with E-state index in [0.717, 1.165) is 5.39 Å². The highest BCUT2D eigenvalue weighted by Crippen LogP contribution is 2.35. The van der Waals surface area contributed by atoms with Crippen molar-refractivity contribution in [2.75, 3.05) is 0 Å². The van der Waals surface area contributed by atoms with Crippen LogP contribution < -0.4 is 9.47 Å².